The molecule has 0 amide bonds. The molecular weight excluding hydrogens is 312 g/mol. The Morgan fingerprint density at radius 3 is 2.83 bits per heavy atom. The van der Waals surface area contributed by atoms with Crippen LogP contribution in [0, 0.1) is 5.92 Å². The van der Waals surface area contributed by atoms with Gasteiger partial charge in [0.1, 0.15) is 5.75 Å². The first-order valence-electron chi connectivity index (χ1n) is 5.90. The molecule has 1 aliphatic rings. The van der Waals surface area contributed by atoms with Crippen molar-refractivity contribution in [1.82, 2.24) is 0 Å². The number of ether oxygens (including phenoxy) is 1. The lowest BCUT2D eigenvalue weighted by Crippen LogP contribution is -2.12. The molecule has 1 aromatic rings. The molecule has 0 aromatic heterocycles. The minimum absolute atomic E-state index is 0.423. The van der Waals surface area contributed by atoms with Crippen molar-refractivity contribution in [3.63, 3.8) is 0 Å². The summed E-state index contributed by atoms with van der Waals surface area (Å²) in [7, 11) is 1.67. The lowest BCUT2D eigenvalue weighted by Gasteiger charge is -2.09. The van der Waals surface area contributed by atoms with E-state index in [1.165, 1.54) is 0 Å². The monoisotopic (exact) mass is 328 g/mol. The zero-order chi connectivity index (χ0) is 13.1. The highest BCUT2D eigenvalue weighted by Crippen LogP contribution is 2.28. The average Bonchev–Trinajstić information content (AvgIpc) is 2.76. The van der Waals surface area contributed by atoms with E-state index in [1.807, 2.05) is 18.2 Å². The van der Waals surface area contributed by atoms with E-state index >= 15 is 0 Å². The smallest absolute Gasteiger partial charge is 0.161 e. The van der Waals surface area contributed by atoms with Crippen LogP contribution in [0.3, 0.4) is 0 Å². The molecule has 18 heavy (non-hydrogen) atoms. The van der Waals surface area contributed by atoms with E-state index in [9.17, 15) is 0 Å². The zero-order valence-corrected chi connectivity index (χ0v) is 13.1. The molecule has 0 fully saturated rings. The first-order valence-corrected chi connectivity index (χ1v) is 7.68. The van der Waals surface area contributed by atoms with Crippen molar-refractivity contribution in [3.05, 3.63) is 22.7 Å². The van der Waals surface area contributed by atoms with E-state index in [4.69, 9.17) is 4.74 Å². The van der Waals surface area contributed by atoms with Crippen molar-refractivity contribution in [1.29, 1.82) is 0 Å². The van der Waals surface area contributed by atoms with Gasteiger partial charge in [-0.1, -0.05) is 41.5 Å². The van der Waals surface area contributed by atoms with Gasteiger partial charge < -0.3 is 10.1 Å². The van der Waals surface area contributed by atoms with Gasteiger partial charge in [0, 0.05) is 22.0 Å². The maximum absolute atomic E-state index is 5.24. The Labute approximate surface area is 121 Å². The second-order valence-electron chi connectivity index (χ2n) is 4.56. The second kappa shape index (κ2) is 5.97. The Morgan fingerprint density at radius 2 is 2.22 bits per heavy atom. The topological polar surface area (TPSA) is 33.6 Å². The van der Waals surface area contributed by atoms with E-state index in [0.717, 1.165) is 26.8 Å². The molecular formula is C13H17BrN2OS. The summed E-state index contributed by atoms with van der Waals surface area (Å²) in [5, 5.41) is 4.34. The molecule has 1 N–H and O–H groups in total. The van der Waals surface area contributed by atoms with Crippen LogP contribution in [0.4, 0.5) is 5.69 Å². The second-order valence-corrected chi connectivity index (χ2v) is 6.49. The van der Waals surface area contributed by atoms with Crippen molar-refractivity contribution in [2.45, 2.75) is 19.9 Å². The van der Waals surface area contributed by atoms with Crippen LogP contribution >= 0.6 is 27.7 Å². The highest BCUT2D eigenvalue weighted by molar-refractivity contribution is 9.10. The zero-order valence-electron chi connectivity index (χ0n) is 10.7. The summed E-state index contributed by atoms with van der Waals surface area (Å²) >= 11 is 5.25. The van der Waals surface area contributed by atoms with Crippen LogP contribution < -0.4 is 10.1 Å². The van der Waals surface area contributed by atoms with Crippen LogP contribution in [-0.2, 0) is 0 Å². The number of methoxy groups -OCH3 is 1. The third-order valence-corrected chi connectivity index (χ3v) is 4.25. The van der Waals surface area contributed by atoms with Crippen LogP contribution in [-0.4, -0.2) is 24.1 Å². The van der Waals surface area contributed by atoms with Gasteiger partial charge in [0.05, 0.1) is 13.2 Å². The largest absolute Gasteiger partial charge is 0.497 e. The van der Waals surface area contributed by atoms with Crippen LogP contribution in [0.5, 0.6) is 5.75 Å². The fourth-order valence-corrected chi connectivity index (χ4v) is 3.34. The Kier molecular flexibility index (Phi) is 4.56. The molecule has 5 heteroatoms. The third-order valence-electron chi connectivity index (χ3n) is 2.80. The first-order chi connectivity index (χ1) is 8.58. The summed E-state index contributed by atoms with van der Waals surface area (Å²) in [5.74, 6) is 2.48. The number of benzene rings is 1. The van der Waals surface area contributed by atoms with Gasteiger partial charge in [-0.3, -0.25) is 4.99 Å². The number of halogens is 1. The van der Waals surface area contributed by atoms with E-state index in [1.54, 1.807) is 18.9 Å². The van der Waals surface area contributed by atoms with Crippen LogP contribution in [0.25, 0.3) is 0 Å². The van der Waals surface area contributed by atoms with Gasteiger partial charge in [-0.05, 0) is 18.1 Å². The SMILES string of the molecule is COc1cc(Br)cc(NC2=N[C@@H](C(C)C)CS2)c1. The van der Waals surface area contributed by atoms with Crippen molar-refractivity contribution < 1.29 is 4.74 Å². The average molecular weight is 329 g/mol. The maximum Gasteiger partial charge on any atom is 0.161 e. The van der Waals surface area contributed by atoms with Gasteiger partial charge in [0.25, 0.3) is 0 Å². The fourth-order valence-electron chi connectivity index (χ4n) is 1.68. The van der Waals surface area contributed by atoms with Crippen molar-refractivity contribution in [2.75, 3.05) is 18.2 Å². The summed E-state index contributed by atoms with van der Waals surface area (Å²) < 4.78 is 6.24. The summed E-state index contributed by atoms with van der Waals surface area (Å²) in [4.78, 5) is 4.68. The molecule has 0 saturated heterocycles. The Hall–Kier alpha value is -0.680. The third kappa shape index (κ3) is 3.42. The maximum atomic E-state index is 5.24. The molecule has 1 aromatic carbocycles. The standard InChI is InChI=1S/C13H17BrN2OS/c1-8(2)12-7-18-13(16-12)15-10-4-9(14)5-11(6-10)17-3/h4-6,8,12H,7H2,1-3H3,(H,15,16)/t12-/m1/s1. The Balaban J connectivity index is 2.10. The molecule has 0 radical (unpaired) electrons. The highest BCUT2D eigenvalue weighted by Gasteiger charge is 2.21. The number of anilines is 1. The molecule has 1 atom stereocenters. The van der Waals surface area contributed by atoms with Crippen molar-refractivity contribution in [2.24, 2.45) is 10.9 Å². The Morgan fingerprint density at radius 1 is 1.44 bits per heavy atom. The van der Waals surface area contributed by atoms with Crippen LogP contribution in [0.2, 0.25) is 0 Å². The molecule has 98 valence electrons. The summed E-state index contributed by atoms with van der Waals surface area (Å²) in [6, 6.07) is 6.35. The van der Waals surface area contributed by atoms with Gasteiger partial charge in [-0.25, -0.2) is 0 Å². The number of aliphatic imine (C=N–C) groups is 1. The fraction of sp³-hybridized carbons (Fsp3) is 0.462. The summed E-state index contributed by atoms with van der Waals surface area (Å²) in [5.41, 5.74) is 0.997. The number of nitrogens with one attached hydrogen (secondary N) is 1. The normalized spacial score (nSPS) is 18.9. The van der Waals surface area contributed by atoms with E-state index in [2.05, 4.69) is 40.1 Å². The quantitative estimate of drug-likeness (QED) is 0.910. The summed E-state index contributed by atoms with van der Waals surface area (Å²) in [6.45, 7) is 4.42. The predicted octanol–water partition coefficient (Wildman–Crippen LogP) is 4.00. The lowest BCUT2D eigenvalue weighted by molar-refractivity contribution is 0.415. The van der Waals surface area contributed by atoms with Gasteiger partial charge in [-0.2, -0.15) is 0 Å². The minimum atomic E-state index is 0.423. The van der Waals surface area contributed by atoms with Crippen LogP contribution in [0.1, 0.15) is 13.8 Å². The lowest BCUT2D eigenvalue weighted by atomic mass is 10.1. The number of rotatable bonds is 3. The summed E-state index contributed by atoms with van der Waals surface area (Å²) in [6.07, 6.45) is 0. The highest BCUT2D eigenvalue weighted by atomic mass is 79.9. The number of amidine groups is 1. The molecule has 1 heterocycles. The number of hydrogen-bond acceptors (Lipinski definition) is 4. The molecule has 1 aliphatic heterocycles. The predicted molar refractivity (Wildman–Crippen MR) is 82.8 cm³/mol. The number of nitrogens with zero attached hydrogens (tertiary/aromatic N) is 1. The minimum Gasteiger partial charge on any atom is -0.497 e. The molecule has 0 spiro atoms. The first kappa shape index (κ1) is 13.7. The van der Waals surface area contributed by atoms with Crippen molar-refractivity contribution in [3.8, 4) is 5.75 Å². The van der Waals surface area contributed by atoms with Gasteiger partial charge in [-0.15, -0.1) is 0 Å². The number of thioether (sulfide) groups is 1. The molecule has 0 aliphatic carbocycles. The molecule has 3 nitrogen and oxygen atoms in total. The molecule has 0 bridgehead atoms. The van der Waals surface area contributed by atoms with Gasteiger partial charge >= 0.3 is 0 Å². The van der Waals surface area contributed by atoms with Crippen LogP contribution in [0.15, 0.2) is 27.7 Å². The molecule has 0 saturated carbocycles. The van der Waals surface area contributed by atoms with Gasteiger partial charge in [0.2, 0.25) is 0 Å². The van der Waals surface area contributed by atoms with Crippen molar-refractivity contribution >= 4 is 38.5 Å². The Bertz CT molecular complexity index is 462. The molecule has 2 rings (SSSR count). The van der Waals surface area contributed by atoms with E-state index in [0.29, 0.717) is 12.0 Å². The van der Waals surface area contributed by atoms with E-state index in [-0.39, 0.29) is 0 Å². The van der Waals surface area contributed by atoms with E-state index < -0.39 is 0 Å². The van der Waals surface area contributed by atoms with Gasteiger partial charge in [0.15, 0.2) is 5.17 Å². The number of hydrogen-bond donors (Lipinski definition) is 1. The molecule has 0 unspecified atom stereocenters.